The maximum Gasteiger partial charge on any atom is 0.235 e. The van der Waals surface area contributed by atoms with Crippen LogP contribution in [0.15, 0.2) is 30.3 Å². The van der Waals surface area contributed by atoms with Crippen molar-refractivity contribution in [1.29, 1.82) is 0 Å². The molecule has 2 heteroatoms. The predicted octanol–water partition coefficient (Wildman–Crippen LogP) is 5.17. The Hall–Kier alpha value is -2.02. The largest absolute Gasteiger partial charge is 0.235 e. The van der Waals surface area contributed by atoms with Gasteiger partial charge in [0.2, 0.25) is 6.08 Å². The first-order chi connectivity index (χ1) is 10.8. The highest BCUT2D eigenvalue weighted by molar-refractivity contribution is 5.34. The van der Waals surface area contributed by atoms with E-state index in [1.807, 2.05) is 13.0 Å². The number of allylic oxidation sites excluding steroid dienone is 1. The summed E-state index contributed by atoms with van der Waals surface area (Å²) < 4.78 is 0. The maximum absolute atomic E-state index is 9.93. The zero-order chi connectivity index (χ0) is 18.3. The molecular weight excluding hydrogens is 282 g/mol. The van der Waals surface area contributed by atoms with Crippen LogP contribution in [0.5, 0.6) is 0 Å². The minimum Gasteiger partial charge on any atom is -0.211 e. The third kappa shape index (κ3) is 14.7. The molecule has 0 aromatic rings. The van der Waals surface area contributed by atoms with E-state index in [0.29, 0.717) is 18.3 Å². The van der Waals surface area contributed by atoms with Crippen molar-refractivity contribution in [3.63, 3.8) is 0 Å². The molecule has 0 bridgehead atoms. The minimum atomic E-state index is -0.133. The number of carbonyl (C=O) groups excluding carboxylic acids is 1. The second kappa shape index (κ2) is 13.6. The molecule has 0 N–H and O–H groups in total. The summed E-state index contributed by atoms with van der Waals surface area (Å²) in [5, 5.41) is 0. The van der Waals surface area contributed by atoms with Gasteiger partial charge >= 0.3 is 0 Å². The summed E-state index contributed by atoms with van der Waals surface area (Å²) in [5.74, 6) is 6.22. The van der Waals surface area contributed by atoms with Gasteiger partial charge < -0.3 is 0 Å². The van der Waals surface area contributed by atoms with Crippen LogP contribution in [-0.4, -0.2) is 12.1 Å². The quantitative estimate of drug-likeness (QED) is 0.250. The van der Waals surface area contributed by atoms with E-state index in [2.05, 4.69) is 50.8 Å². The van der Waals surface area contributed by atoms with Crippen LogP contribution in [0.25, 0.3) is 0 Å². The zero-order valence-electron chi connectivity index (χ0n) is 15.1. The third-order valence-corrected chi connectivity index (χ3v) is 3.49. The van der Waals surface area contributed by atoms with Crippen molar-refractivity contribution in [2.24, 2.45) is 22.2 Å². The molecule has 126 valence electrons. The number of isocyanates is 1. The molecule has 1 unspecified atom stereocenters. The fraction of sp³-hybridized carbons (Fsp3) is 0.571. The lowest BCUT2D eigenvalue weighted by Crippen LogP contribution is -2.11. The van der Waals surface area contributed by atoms with E-state index in [0.717, 1.165) is 19.3 Å². The van der Waals surface area contributed by atoms with E-state index in [4.69, 9.17) is 12.8 Å². The lowest BCUT2D eigenvalue weighted by molar-refractivity contribution is 0.354. The van der Waals surface area contributed by atoms with Gasteiger partial charge in [0, 0.05) is 12.8 Å². The van der Waals surface area contributed by atoms with Crippen molar-refractivity contribution < 1.29 is 4.79 Å². The number of hydrogen-bond acceptors (Lipinski definition) is 2. The van der Waals surface area contributed by atoms with E-state index < -0.39 is 0 Å². The Bertz CT molecular complexity index is 469. The highest BCUT2D eigenvalue weighted by Gasteiger charge is 2.16. The van der Waals surface area contributed by atoms with E-state index in [-0.39, 0.29) is 11.5 Å². The summed E-state index contributed by atoms with van der Waals surface area (Å²) in [6.07, 6.45) is 19.0. The second-order valence-corrected chi connectivity index (χ2v) is 6.68. The van der Waals surface area contributed by atoms with Crippen molar-refractivity contribution in [2.75, 3.05) is 0 Å². The molecule has 3 atom stereocenters. The molecule has 0 radical (unpaired) electrons. The monoisotopic (exact) mass is 313 g/mol. The molecule has 0 aliphatic carbocycles. The van der Waals surface area contributed by atoms with Gasteiger partial charge in [-0.05, 0) is 30.1 Å². The first kappa shape index (κ1) is 23.2. The molecule has 0 aromatic heterocycles. The van der Waals surface area contributed by atoms with Crippen molar-refractivity contribution in [3.05, 3.63) is 25.3 Å². The molecule has 0 aromatic carbocycles. The minimum absolute atomic E-state index is 0.133. The Morgan fingerprint density at radius 2 is 1.65 bits per heavy atom. The normalized spacial score (nSPS) is 13.7. The number of nitrogens with zero attached hydrogens (tertiary/aromatic N) is 1. The molecule has 2 nitrogen and oxygen atoms in total. The van der Waals surface area contributed by atoms with Crippen LogP contribution in [0.4, 0.5) is 0 Å². The van der Waals surface area contributed by atoms with Crippen LogP contribution >= 0.6 is 0 Å². The van der Waals surface area contributed by atoms with Crippen LogP contribution in [-0.2, 0) is 4.79 Å². The summed E-state index contributed by atoms with van der Waals surface area (Å²) in [4.78, 5) is 13.5. The van der Waals surface area contributed by atoms with Crippen LogP contribution in [0.2, 0.25) is 0 Å². The third-order valence-electron chi connectivity index (χ3n) is 3.49. The van der Waals surface area contributed by atoms with Crippen LogP contribution in [0.3, 0.4) is 0 Å². The van der Waals surface area contributed by atoms with Crippen molar-refractivity contribution in [1.82, 2.24) is 0 Å². The molecule has 0 spiro atoms. The standard InChI is InChI=1S/C11H18.C10H13NO/c1-6-8-10(3)9-11(4,5)7-2;1-4-6-9(3)7-10(5-2)11-8-12/h1,7,10H,2,8-9H2,3-5H3;1,5,9-10H,2,6-7H2,3H3/t10-;9-,10?/m11/s1. The molecule has 0 rings (SSSR count). The van der Waals surface area contributed by atoms with Crippen LogP contribution in [0.1, 0.15) is 53.4 Å². The molecule has 0 heterocycles. The fourth-order valence-electron chi connectivity index (χ4n) is 2.22. The Balaban J connectivity index is 0. The summed E-state index contributed by atoms with van der Waals surface area (Å²) in [5.41, 5.74) is 0.232. The van der Waals surface area contributed by atoms with Gasteiger partial charge in [-0.2, -0.15) is 4.99 Å². The highest BCUT2D eigenvalue weighted by atomic mass is 16.1. The van der Waals surface area contributed by atoms with Gasteiger partial charge in [-0.15, -0.1) is 37.8 Å². The average molecular weight is 313 g/mol. The van der Waals surface area contributed by atoms with Crippen LogP contribution < -0.4 is 0 Å². The Labute approximate surface area is 143 Å². The maximum atomic E-state index is 9.93. The first-order valence-corrected chi connectivity index (χ1v) is 7.96. The van der Waals surface area contributed by atoms with Gasteiger partial charge in [0.15, 0.2) is 0 Å². The van der Waals surface area contributed by atoms with Crippen LogP contribution in [0, 0.1) is 41.9 Å². The molecule has 0 saturated carbocycles. The average Bonchev–Trinajstić information content (AvgIpc) is 2.47. The molecule has 0 fully saturated rings. The van der Waals surface area contributed by atoms with Crippen molar-refractivity contribution in [2.45, 2.75) is 59.4 Å². The van der Waals surface area contributed by atoms with Gasteiger partial charge in [-0.3, -0.25) is 0 Å². The highest BCUT2D eigenvalue weighted by Crippen LogP contribution is 2.27. The van der Waals surface area contributed by atoms with E-state index in [1.165, 1.54) is 6.08 Å². The second-order valence-electron chi connectivity index (χ2n) is 6.68. The molecular formula is C21H31NO. The van der Waals surface area contributed by atoms with Gasteiger partial charge in [0.1, 0.15) is 0 Å². The number of terminal acetylenes is 2. The number of aliphatic imine (C=N–C) groups is 1. The lowest BCUT2D eigenvalue weighted by Gasteiger charge is -2.22. The van der Waals surface area contributed by atoms with Crippen molar-refractivity contribution >= 4 is 6.08 Å². The topological polar surface area (TPSA) is 29.4 Å². The lowest BCUT2D eigenvalue weighted by atomic mass is 9.82. The van der Waals surface area contributed by atoms with Gasteiger partial charge in [-0.25, -0.2) is 4.79 Å². The summed E-state index contributed by atoms with van der Waals surface area (Å²) in [6.45, 7) is 15.9. The SMILES string of the molecule is C#CC[C@@H](C)CC(C)(C)C=C.C#CC[C@@H](C)CC(C=C)N=C=O. The molecule has 0 saturated heterocycles. The molecule has 0 amide bonds. The Morgan fingerprint density at radius 3 is 2.04 bits per heavy atom. The number of rotatable bonds is 9. The predicted molar refractivity (Wildman–Crippen MR) is 101 cm³/mol. The summed E-state index contributed by atoms with van der Waals surface area (Å²) in [6, 6.07) is -0.133. The van der Waals surface area contributed by atoms with Gasteiger partial charge in [0.05, 0.1) is 6.04 Å². The van der Waals surface area contributed by atoms with Gasteiger partial charge in [-0.1, -0.05) is 39.8 Å². The summed E-state index contributed by atoms with van der Waals surface area (Å²) >= 11 is 0. The molecule has 0 aliphatic heterocycles. The van der Waals surface area contributed by atoms with Gasteiger partial charge in [0.25, 0.3) is 0 Å². The van der Waals surface area contributed by atoms with E-state index in [9.17, 15) is 4.79 Å². The first-order valence-electron chi connectivity index (χ1n) is 7.96. The van der Waals surface area contributed by atoms with E-state index >= 15 is 0 Å². The Kier molecular flexibility index (Phi) is 13.8. The zero-order valence-corrected chi connectivity index (χ0v) is 15.1. The fourth-order valence-corrected chi connectivity index (χ4v) is 2.22. The summed E-state index contributed by atoms with van der Waals surface area (Å²) in [7, 11) is 0. The Morgan fingerprint density at radius 1 is 1.13 bits per heavy atom. The molecule has 0 aliphatic rings. The number of hydrogen-bond donors (Lipinski definition) is 0. The van der Waals surface area contributed by atoms with Crippen molar-refractivity contribution in [3.8, 4) is 24.7 Å². The van der Waals surface area contributed by atoms with E-state index in [1.54, 1.807) is 6.08 Å². The smallest absolute Gasteiger partial charge is 0.211 e. The molecule has 23 heavy (non-hydrogen) atoms.